The van der Waals surface area contributed by atoms with Crippen molar-refractivity contribution in [1.82, 2.24) is 5.32 Å². The molecule has 2 rings (SSSR count). The maximum atomic E-state index is 3.44. The van der Waals surface area contributed by atoms with E-state index in [1.54, 1.807) is 0 Å². The first-order chi connectivity index (χ1) is 8.61. The minimum atomic E-state index is 0.423. The summed E-state index contributed by atoms with van der Waals surface area (Å²) in [5.74, 6) is 0. The molecule has 1 heterocycles. The summed E-state index contributed by atoms with van der Waals surface area (Å²) in [5, 5.41) is 5.61. The average molecular weight is 259 g/mol. The standard InChI is InChI=1S/C16H21NS/c1-11-5-6-14(9-13(11)3)10-15(17-4)16-12(2)7-8-18-16/h5-9,15,17H,10H2,1-4H3. The van der Waals surface area contributed by atoms with Gasteiger partial charge in [0.1, 0.15) is 0 Å². The van der Waals surface area contributed by atoms with Crippen LogP contribution in [0.25, 0.3) is 0 Å². The highest BCUT2D eigenvalue weighted by Crippen LogP contribution is 2.27. The van der Waals surface area contributed by atoms with Gasteiger partial charge in [0.2, 0.25) is 0 Å². The minimum Gasteiger partial charge on any atom is -0.312 e. The summed E-state index contributed by atoms with van der Waals surface area (Å²) in [6.45, 7) is 6.54. The molecular weight excluding hydrogens is 238 g/mol. The fourth-order valence-corrected chi connectivity index (χ4v) is 3.27. The Labute approximate surface area is 114 Å². The number of aryl methyl sites for hydroxylation is 3. The Morgan fingerprint density at radius 2 is 1.83 bits per heavy atom. The molecule has 1 aromatic carbocycles. The first-order valence-electron chi connectivity index (χ1n) is 6.39. The van der Waals surface area contributed by atoms with Gasteiger partial charge in [-0.15, -0.1) is 11.3 Å². The van der Waals surface area contributed by atoms with Crippen molar-refractivity contribution in [2.45, 2.75) is 33.2 Å². The molecule has 0 bridgehead atoms. The van der Waals surface area contributed by atoms with Crippen LogP contribution in [0.5, 0.6) is 0 Å². The molecule has 0 saturated carbocycles. The molecule has 0 spiro atoms. The van der Waals surface area contributed by atoms with Crippen LogP contribution in [-0.4, -0.2) is 7.05 Å². The Kier molecular flexibility index (Phi) is 4.20. The van der Waals surface area contributed by atoms with Crippen molar-refractivity contribution in [3.05, 3.63) is 56.8 Å². The van der Waals surface area contributed by atoms with E-state index in [1.807, 2.05) is 18.4 Å². The predicted molar refractivity (Wildman–Crippen MR) is 80.5 cm³/mol. The smallest absolute Gasteiger partial charge is 0.0455 e. The summed E-state index contributed by atoms with van der Waals surface area (Å²) >= 11 is 1.85. The number of benzene rings is 1. The van der Waals surface area contributed by atoms with E-state index in [9.17, 15) is 0 Å². The molecule has 0 aliphatic carbocycles. The zero-order chi connectivity index (χ0) is 13.1. The van der Waals surface area contributed by atoms with Gasteiger partial charge >= 0.3 is 0 Å². The van der Waals surface area contributed by atoms with Crippen LogP contribution in [0.2, 0.25) is 0 Å². The van der Waals surface area contributed by atoms with Crippen LogP contribution < -0.4 is 5.32 Å². The molecule has 2 aromatic rings. The highest BCUT2D eigenvalue weighted by atomic mass is 32.1. The molecule has 1 unspecified atom stereocenters. The van der Waals surface area contributed by atoms with E-state index in [4.69, 9.17) is 0 Å². The van der Waals surface area contributed by atoms with E-state index in [0.717, 1.165) is 6.42 Å². The van der Waals surface area contributed by atoms with Crippen LogP contribution in [0.4, 0.5) is 0 Å². The van der Waals surface area contributed by atoms with Crippen molar-refractivity contribution < 1.29 is 0 Å². The van der Waals surface area contributed by atoms with Crippen LogP contribution in [0.1, 0.15) is 33.2 Å². The molecule has 0 aliphatic heterocycles. The summed E-state index contributed by atoms with van der Waals surface area (Å²) in [7, 11) is 2.05. The SMILES string of the molecule is CNC(Cc1ccc(C)c(C)c1)c1sccc1C. The summed E-state index contributed by atoms with van der Waals surface area (Å²) in [4.78, 5) is 1.45. The summed E-state index contributed by atoms with van der Waals surface area (Å²) < 4.78 is 0. The van der Waals surface area contributed by atoms with Crippen molar-refractivity contribution in [2.75, 3.05) is 7.05 Å². The van der Waals surface area contributed by atoms with E-state index >= 15 is 0 Å². The quantitative estimate of drug-likeness (QED) is 0.868. The molecule has 0 amide bonds. The summed E-state index contributed by atoms with van der Waals surface area (Å²) in [5.41, 5.74) is 5.55. The third-order valence-electron chi connectivity index (χ3n) is 3.58. The molecule has 0 saturated heterocycles. The van der Waals surface area contributed by atoms with Crippen molar-refractivity contribution >= 4 is 11.3 Å². The fraction of sp³-hybridized carbons (Fsp3) is 0.375. The molecule has 96 valence electrons. The zero-order valence-electron chi connectivity index (χ0n) is 11.6. The van der Waals surface area contributed by atoms with Crippen LogP contribution in [0.15, 0.2) is 29.6 Å². The van der Waals surface area contributed by atoms with Gasteiger partial charge in [-0.25, -0.2) is 0 Å². The lowest BCUT2D eigenvalue weighted by molar-refractivity contribution is 0.599. The number of hydrogen-bond donors (Lipinski definition) is 1. The Hall–Kier alpha value is -1.12. The normalized spacial score (nSPS) is 12.7. The average Bonchev–Trinajstić information content (AvgIpc) is 2.77. The van der Waals surface area contributed by atoms with Crippen LogP contribution in [0, 0.1) is 20.8 Å². The van der Waals surface area contributed by atoms with Gasteiger partial charge in [-0.2, -0.15) is 0 Å². The molecule has 2 heteroatoms. The van der Waals surface area contributed by atoms with Crippen molar-refractivity contribution in [3.8, 4) is 0 Å². The van der Waals surface area contributed by atoms with E-state index in [-0.39, 0.29) is 0 Å². The topological polar surface area (TPSA) is 12.0 Å². The van der Waals surface area contributed by atoms with Gasteiger partial charge in [-0.3, -0.25) is 0 Å². The first-order valence-corrected chi connectivity index (χ1v) is 7.27. The van der Waals surface area contributed by atoms with E-state index in [1.165, 1.54) is 27.1 Å². The van der Waals surface area contributed by atoms with Gasteiger partial charge in [-0.05, 0) is 67.9 Å². The number of nitrogens with one attached hydrogen (secondary N) is 1. The molecule has 0 radical (unpaired) electrons. The lowest BCUT2D eigenvalue weighted by Gasteiger charge is -2.16. The number of hydrogen-bond acceptors (Lipinski definition) is 2. The molecule has 18 heavy (non-hydrogen) atoms. The van der Waals surface area contributed by atoms with Gasteiger partial charge in [0.15, 0.2) is 0 Å². The second-order valence-electron chi connectivity index (χ2n) is 4.93. The Balaban J connectivity index is 2.20. The third-order valence-corrected chi connectivity index (χ3v) is 4.71. The van der Waals surface area contributed by atoms with Crippen LogP contribution in [0.3, 0.4) is 0 Å². The maximum absolute atomic E-state index is 3.44. The first kappa shape index (κ1) is 13.3. The summed E-state index contributed by atoms with van der Waals surface area (Å²) in [6.07, 6.45) is 1.05. The highest BCUT2D eigenvalue weighted by molar-refractivity contribution is 7.10. The number of thiophene rings is 1. The Bertz CT molecular complexity index is 528. The minimum absolute atomic E-state index is 0.423. The predicted octanol–water partition coefficient (Wildman–Crippen LogP) is 4.18. The second-order valence-corrected chi connectivity index (χ2v) is 5.88. The number of likely N-dealkylation sites (N-methyl/N-ethyl adjacent to an activating group) is 1. The van der Waals surface area contributed by atoms with E-state index in [0.29, 0.717) is 6.04 Å². The fourth-order valence-electron chi connectivity index (χ4n) is 2.23. The zero-order valence-corrected chi connectivity index (χ0v) is 12.4. The van der Waals surface area contributed by atoms with E-state index in [2.05, 4.69) is 55.7 Å². The van der Waals surface area contributed by atoms with Crippen molar-refractivity contribution in [1.29, 1.82) is 0 Å². The Morgan fingerprint density at radius 1 is 1.06 bits per heavy atom. The van der Waals surface area contributed by atoms with Crippen LogP contribution >= 0.6 is 11.3 Å². The van der Waals surface area contributed by atoms with Gasteiger partial charge in [0.25, 0.3) is 0 Å². The van der Waals surface area contributed by atoms with E-state index < -0.39 is 0 Å². The van der Waals surface area contributed by atoms with Gasteiger partial charge < -0.3 is 5.32 Å². The maximum Gasteiger partial charge on any atom is 0.0455 e. The third kappa shape index (κ3) is 2.82. The molecule has 0 aliphatic rings. The van der Waals surface area contributed by atoms with Gasteiger partial charge in [0.05, 0.1) is 0 Å². The van der Waals surface area contributed by atoms with Crippen molar-refractivity contribution in [3.63, 3.8) is 0 Å². The Morgan fingerprint density at radius 3 is 2.39 bits per heavy atom. The molecule has 1 N–H and O–H groups in total. The highest BCUT2D eigenvalue weighted by Gasteiger charge is 2.14. The van der Waals surface area contributed by atoms with Crippen LogP contribution in [-0.2, 0) is 6.42 Å². The lowest BCUT2D eigenvalue weighted by Crippen LogP contribution is -2.18. The second kappa shape index (κ2) is 5.68. The molecule has 0 fully saturated rings. The molecule has 1 aromatic heterocycles. The largest absolute Gasteiger partial charge is 0.312 e. The van der Waals surface area contributed by atoms with Crippen molar-refractivity contribution in [2.24, 2.45) is 0 Å². The lowest BCUT2D eigenvalue weighted by atomic mass is 9.99. The number of rotatable bonds is 4. The molecule has 1 nitrogen and oxygen atoms in total. The molecule has 1 atom stereocenters. The molecular formula is C16H21NS. The van der Waals surface area contributed by atoms with Gasteiger partial charge in [0, 0.05) is 10.9 Å². The summed E-state index contributed by atoms with van der Waals surface area (Å²) in [6, 6.07) is 9.40. The van der Waals surface area contributed by atoms with Gasteiger partial charge in [-0.1, -0.05) is 18.2 Å². The monoisotopic (exact) mass is 259 g/mol.